The zero-order valence-corrected chi connectivity index (χ0v) is 14.7. The summed E-state index contributed by atoms with van der Waals surface area (Å²) in [7, 11) is 0. The van der Waals surface area contributed by atoms with Gasteiger partial charge < -0.3 is 10.6 Å². The van der Waals surface area contributed by atoms with Crippen molar-refractivity contribution in [3.05, 3.63) is 83.9 Å². The Morgan fingerprint density at radius 1 is 0.885 bits per heavy atom. The number of nitrogens with one attached hydrogen (secondary N) is 2. The molecule has 0 bridgehead atoms. The van der Waals surface area contributed by atoms with Crippen LogP contribution < -0.4 is 10.6 Å². The van der Waals surface area contributed by atoms with Gasteiger partial charge in [0, 0.05) is 19.9 Å². The van der Waals surface area contributed by atoms with Crippen LogP contribution in [0.15, 0.2) is 72.8 Å². The third-order valence-electron chi connectivity index (χ3n) is 4.30. The van der Waals surface area contributed by atoms with Gasteiger partial charge in [-0.2, -0.15) is 0 Å². The highest BCUT2D eigenvalue weighted by Gasteiger charge is 2.18. The number of carbonyl (C=O) groups excluding carboxylic acids is 2. The summed E-state index contributed by atoms with van der Waals surface area (Å²) in [5.74, 6) is -0.230. The van der Waals surface area contributed by atoms with Crippen LogP contribution in [0.3, 0.4) is 0 Å². The molecule has 0 fully saturated rings. The predicted octanol–water partition coefficient (Wildman–Crippen LogP) is 3.57. The maximum atomic E-state index is 12.5. The molecule has 3 aromatic carbocycles. The highest BCUT2D eigenvalue weighted by atomic mass is 16.2. The molecule has 1 atom stereocenters. The number of rotatable bonds is 6. The van der Waals surface area contributed by atoms with Crippen LogP contribution in [0.1, 0.15) is 30.5 Å². The second-order valence-electron chi connectivity index (χ2n) is 6.21. The first-order valence-electron chi connectivity index (χ1n) is 8.71. The van der Waals surface area contributed by atoms with Crippen molar-refractivity contribution in [3.63, 3.8) is 0 Å². The van der Waals surface area contributed by atoms with E-state index in [1.807, 2.05) is 54.6 Å². The van der Waals surface area contributed by atoms with Crippen molar-refractivity contribution in [2.24, 2.45) is 0 Å². The van der Waals surface area contributed by atoms with Gasteiger partial charge >= 0.3 is 0 Å². The number of carbonyl (C=O) groups is 2. The molecular formula is C22H22N2O2. The quantitative estimate of drug-likeness (QED) is 0.717. The average molecular weight is 346 g/mol. The zero-order chi connectivity index (χ0) is 18.4. The van der Waals surface area contributed by atoms with Crippen molar-refractivity contribution < 1.29 is 9.59 Å². The zero-order valence-electron chi connectivity index (χ0n) is 14.7. The first kappa shape index (κ1) is 17.7. The third-order valence-corrected chi connectivity index (χ3v) is 4.30. The Balaban J connectivity index is 1.91. The van der Waals surface area contributed by atoms with E-state index in [9.17, 15) is 9.59 Å². The molecule has 26 heavy (non-hydrogen) atoms. The molecule has 0 saturated heterocycles. The van der Waals surface area contributed by atoms with Gasteiger partial charge in [-0.15, -0.1) is 0 Å². The molecular weight excluding hydrogens is 324 g/mol. The van der Waals surface area contributed by atoms with E-state index in [1.54, 1.807) is 0 Å². The number of hydrogen-bond donors (Lipinski definition) is 2. The Bertz CT molecular complexity index is 901. The number of hydrogen-bond acceptors (Lipinski definition) is 2. The van der Waals surface area contributed by atoms with Crippen LogP contribution in [0.5, 0.6) is 0 Å². The molecule has 2 N–H and O–H groups in total. The van der Waals surface area contributed by atoms with Gasteiger partial charge in [-0.05, 0) is 21.9 Å². The van der Waals surface area contributed by atoms with Crippen molar-refractivity contribution in [2.45, 2.75) is 19.4 Å². The topological polar surface area (TPSA) is 58.2 Å². The van der Waals surface area contributed by atoms with Gasteiger partial charge in [-0.3, -0.25) is 9.59 Å². The normalized spacial score (nSPS) is 11.7. The van der Waals surface area contributed by atoms with E-state index in [1.165, 1.54) is 6.92 Å². The van der Waals surface area contributed by atoms with E-state index in [-0.39, 0.29) is 24.3 Å². The summed E-state index contributed by atoms with van der Waals surface area (Å²) in [6.45, 7) is 1.78. The monoisotopic (exact) mass is 346 g/mol. The molecule has 0 radical (unpaired) electrons. The van der Waals surface area contributed by atoms with E-state index < -0.39 is 0 Å². The van der Waals surface area contributed by atoms with Gasteiger partial charge in [0.1, 0.15) is 0 Å². The maximum absolute atomic E-state index is 12.5. The third kappa shape index (κ3) is 4.28. The Labute approximate surface area is 153 Å². The van der Waals surface area contributed by atoms with Crippen molar-refractivity contribution in [1.82, 2.24) is 10.6 Å². The van der Waals surface area contributed by atoms with Crippen LogP contribution in [0.2, 0.25) is 0 Å². The lowest BCUT2D eigenvalue weighted by atomic mass is 9.93. The molecule has 0 spiro atoms. The summed E-state index contributed by atoms with van der Waals surface area (Å²) in [6.07, 6.45) is 0.244. The standard InChI is InChI=1S/C22H22N2O2/c1-16(25)23-15-14-21(26)24-22(18-9-3-2-4-10-18)20-13-7-11-17-8-5-6-12-19(17)20/h2-13,22H,14-15H2,1H3,(H,23,25)(H,24,26)/t22-/m1/s1. The molecule has 0 aliphatic carbocycles. The molecule has 0 aromatic heterocycles. The molecule has 3 rings (SSSR count). The lowest BCUT2D eigenvalue weighted by molar-refractivity contribution is -0.122. The molecule has 0 aliphatic heterocycles. The molecule has 2 amide bonds. The smallest absolute Gasteiger partial charge is 0.222 e. The van der Waals surface area contributed by atoms with Gasteiger partial charge in [-0.1, -0.05) is 72.8 Å². The number of benzene rings is 3. The summed E-state index contributed by atoms with van der Waals surface area (Å²) in [4.78, 5) is 23.4. The molecule has 0 aliphatic rings. The number of fused-ring (bicyclic) bond motifs is 1. The van der Waals surface area contributed by atoms with E-state index in [0.29, 0.717) is 6.54 Å². The predicted molar refractivity (Wildman–Crippen MR) is 104 cm³/mol. The summed E-state index contributed by atoms with van der Waals surface area (Å²) in [5, 5.41) is 8.04. The minimum atomic E-state index is -0.243. The van der Waals surface area contributed by atoms with Crippen LogP contribution in [0.25, 0.3) is 10.8 Å². The fourth-order valence-electron chi connectivity index (χ4n) is 3.07. The number of amides is 2. The minimum absolute atomic E-state index is 0.0967. The van der Waals surface area contributed by atoms with E-state index >= 15 is 0 Å². The van der Waals surface area contributed by atoms with Gasteiger partial charge in [0.25, 0.3) is 0 Å². The van der Waals surface area contributed by atoms with Gasteiger partial charge in [0.2, 0.25) is 11.8 Å². The largest absolute Gasteiger partial charge is 0.356 e. The Hall–Kier alpha value is -3.14. The molecule has 132 valence electrons. The highest BCUT2D eigenvalue weighted by Crippen LogP contribution is 2.29. The minimum Gasteiger partial charge on any atom is -0.356 e. The highest BCUT2D eigenvalue weighted by molar-refractivity contribution is 5.87. The van der Waals surface area contributed by atoms with Crippen LogP contribution in [0, 0.1) is 0 Å². The maximum Gasteiger partial charge on any atom is 0.222 e. The lowest BCUT2D eigenvalue weighted by Gasteiger charge is -2.21. The molecule has 4 nitrogen and oxygen atoms in total. The van der Waals surface area contributed by atoms with Gasteiger partial charge in [0.05, 0.1) is 6.04 Å². The molecule has 0 saturated carbocycles. The Morgan fingerprint density at radius 2 is 1.58 bits per heavy atom. The molecule has 4 heteroatoms. The SMILES string of the molecule is CC(=O)NCCC(=O)N[C@H](c1ccccc1)c1cccc2ccccc12. The first-order chi connectivity index (χ1) is 12.6. The van der Waals surface area contributed by atoms with Crippen molar-refractivity contribution in [3.8, 4) is 0 Å². The molecule has 0 unspecified atom stereocenters. The van der Waals surface area contributed by atoms with Crippen LogP contribution in [0.4, 0.5) is 0 Å². The Morgan fingerprint density at radius 3 is 2.35 bits per heavy atom. The van der Waals surface area contributed by atoms with Crippen LogP contribution in [-0.2, 0) is 9.59 Å². The van der Waals surface area contributed by atoms with Crippen LogP contribution >= 0.6 is 0 Å². The Kier molecular flexibility index (Phi) is 5.64. The fourth-order valence-corrected chi connectivity index (χ4v) is 3.07. The van der Waals surface area contributed by atoms with E-state index in [2.05, 4.69) is 28.8 Å². The second kappa shape index (κ2) is 8.30. The average Bonchev–Trinajstić information content (AvgIpc) is 2.66. The molecule has 0 heterocycles. The molecule has 3 aromatic rings. The summed E-state index contributed by atoms with van der Waals surface area (Å²) in [5.41, 5.74) is 2.08. The van der Waals surface area contributed by atoms with E-state index in [4.69, 9.17) is 0 Å². The van der Waals surface area contributed by atoms with E-state index in [0.717, 1.165) is 21.9 Å². The van der Waals surface area contributed by atoms with Crippen molar-refractivity contribution in [2.75, 3.05) is 6.54 Å². The first-order valence-corrected chi connectivity index (χ1v) is 8.71. The van der Waals surface area contributed by atoms with Gasteiger partial charge in [-0.25, -0.2) is 0 Å². The summed E-state index contributed by atoms with van der Waals surface area (Å²) >= 11 is 0. The fraction of sp³-hybridized carbons (Fsp3) is 0.182. The second-order valence-corrected chi connectivity index (χ2v) is 6.21. The van der Waals surface area contributed by atoms with Crippen LogP contribution in [-0.4, -0.2) is 18.4 Å². The van der Waals surface area contributed by atoms with Crippen molar-refractivity contribution in [1.29, 1.82) is 0 Å². The summed E-state index contributed by atoms with van der Waals surface area (Å²) < 4.78 is 0. The lowest BCUT2D eigenvalue weighted by Crippen LogP contribution is -2.32. The van der Waals surface area contributed by atoms with Crippen molar-refractivity contribution >= 4 is 22.6 Å². The summed E-state index contributed by atoms with van der Waals surface area (Å²) in [6, 6.07) is 24.0. The van der Waals surface area contributed by atoms with Gasteiger partial charge in [0.15, 0.2) is 0 Å².